The highest BCUT2D eigenvalue weighted by atomic mass is 19.1. The van der Waals surface area contributed by atoms with Crippen LogP contribution in [0.15, 0.2) is 53.5 Å². The first-order valence-corrected chi connectivity index (χ1v) is 11.2. The van der Waals surface area contributed by atoms with Crippen LogP contribution in [0, 0.1) is 17.6 Å². The van der Waals surface area contributed by atoms with E-state index >= 15 is 0 Å². The van der Waals surface area contributed by atoms with Crippen molar-refractivity contribution in [3.63, 3.8) is 0 Å². The van der Waals surface area contributed by atoms with Crippen LogP contribution in [0.25, 0.3) is 0 Å². The Kier molecular flexibility index (Phi) is 8.73. The SMILES string of the molecule is O=C1CCCCCCCCCCC1C(N=Cc1ccc(F)cc1)c1ccc(F)cc1. The smallest absolute Gasteiger partial charge is 0.138 e. The van der Waals surface area contributed by atoms with Gasteiger partial charge in [-0.15, -0.1) is 0 Å². The molecule has 0 amide bonds. The van der Waals surface area contributed by atoms with Gasteiger partial charge in [-0.3, -0.25) is 9.79 Å². The minimum absolute atomic E-state index is 0.216. The number of nitrogens with zero attached hydrogens (tertiary/aromatic N) is 1. The first-order valence-electron chi connectivity index (χ1n) is 11.2. The van der Waals surface area contributed by atoms with Gasteiger partial charge in [-0.1, -0.05) is 69.2 Å². The number of hydrogen-bond donors (Lipinski definition) is 0. The summed E-state index contributed by atoms with van der Waals surface area (Å²) >= 11 is 0. The minimum Gasteiger partial charge on any atom is -0.299 e. The Hall–Kier alpha value is -2.36. The molecule has 1 fully saturated rings. The topological polar surface area (TPSA) is 29.4 Å². The van der Waals surface area contributed by atoms with Crippen LogP contribution in [-0.2, 0) is 4.79 Å². The molecule has 2 atom stereocenters. The summed E-state index contributed by atoms with van der Waals surface area (Å²) < 4.78 is 26.7. The van der Waals surface area contributed by atoms with Gasteiger partial charge in [0.05, 0.1) is 6.04 Å². The maximum Gasteiger partial charge on any atom is 0.138 e. The Morgan fingerprint density at radius 1 is 0.767 bits per heavy atom. The van der Waals surface area contributed by atoms with Crippen LogP contribution in [0.4, 0.5) is 8.78 Å². The lowest BCUT2D eigenvalue weighted by Crippen LogP contribution is -2.22. The molecule has 0 aliphatic heterocycles. The van der Waals surface area contributed by atoms with Gasteiger partial charge in [-0.25, -0.2) is 8.78 Å². The number of aliphatic imine (C=N–C) groups is 1. The van der Waals surface area contributed by atoms with E-state index in [0.717, 1.165) is 43.2 Å². The summed E-state index contributed by atoms with van der Waals surface area (Å²) in [7, 11) is 0. The molecule has 0 N–H and O–H groups in total. The third kappa shape index (κ3) is 6.86. The fourth-order valence-corrected chi connectivity index (χ4v) is 4.20. The average molecular weight is 412 g/mol. The molecule has 30 heavy (non-hydrogen) atoms. The van der Waals surface area contributed by atoms with Crippen LogP contribution in [-0.4, -0.2) is 12.0 Å². The molecule has 1 saturated carbocycles. The van der Waals surface area contributed by atoms with Crippen molar-refractivity contribution in [2.24, 2.45) is 10.9 Å². The van der Waals surface area contributed by atoms with E-state index in [1.807, 2.05) is 0 Å². The maximum absolute atomic E-state index is 13.5. The summed E-state index contributed by atoms with van der Waals surface area (Å²) in [6.07, 6.45) is 12.2. The van der Waals surface area contributed by atoms with E-state index in [-0.39, 0.29) is 29.4 Å². The van der Waals surface area contributed by atoms with Crippen LogP contribution in [0.3, 0.4) is 0 Å². The first-order chi connectivity index (χ1) is 14.6. The molecule has 0 bridgehead atoms. The lowest BCUT2D eigenvalue weighted by Gasteiger charge is -2.24. The molecule has 2 aromatic carbocycles. The summed E-state index contributed by atoms with van der Waals surface area (Å²) in [6, 6.07) is 12.1. The Labute approximate surface area is 178 Å². The van der Waals surface area contributed by atoms with Crippen molar-refractivity contribution in [2.45, 2.75) is 70.3 Å². The summed E-state index contributed by atoms with van der Waals surface area (Å²) in [5.41, 5.74) is 1.63. The van der Waals surface area contributed by atoms with Crippen molar-refractivity contribution >= 4 is 12.0 Å². The van der Waals surface area contributed by atoms with E-state index in [0.29, 0.717) is 6.42 Å². The van der Waals surface area contributed by atoms with Crippen molar-refractivity contribution in [3.05, 3.63) is 71.3 Å². The second kappa shape index (κ2) is 11.7. The van der Waals surface area contributed by atoms with Crippen molar-refractivity contribution in [3.8, 4) is 0 Å². The van der Waals surface area contributed by atoms with Gasteiger partial charge in [0.15, 0.2) is 0 Å². The summed E-state index contributed by atoms with van der Waals surface area (Å²) in [4.78, 5) is 17.9. The van der Waals surface area contributed by atoms with E-state index in [4.69, 9.17) is 4.99 Å². The minimum atomic E-state index is -0.355. The average Bonchev–Trinajstić information content (AvgIpc) is 2.74. The van der Waals surface area contributed by atoms with Gasteiger partial charge in [-0.05, 0) is 48.2 Å². The van der Waals surface area contributed by atoms with Crippen molar-refractivity contribution < 1.29 is 13.6 Å². The quantitative estimate of drug-likeness (QED) is 0.488. The molecule has 0 saturated heterocycles. The van der Waals surface area contributed by atoms with Gasteiger partial charge in [0.1, 0.15) is 17.4 Å². The molecule has 0 heterocycles. The molecular weight excluding hydrogens is 380 g/mol. The fraction of sp³-hybridized carbons (Fsp3) is 0.462. The number of benzene rings is 2. The Morgan fingerprint density at radius 2 is 1.30 bits per heavy atom. The highest BCUT2D eigenvalue weighted by Gasteiger charge is 2.28. The number of ketones is 1. The summed E-state index contributed by atoms with van der Waals surface area (Å²) in [5, 5.41) is 0. The first kappa shape index (κ1) is 22.3. The number of carbonyl (C=O) groups is 1. The molecule has 2 nitrogen and oxygen atoms in total. The zero-order valence-corrected chi connectivity index (χ0v) is 17.5. The monoisotopic (exact) mass is 411 g/mol. The number of hydrogen-bond acceptors (Lipinski definition) is 2. The van der Waals surface area contributed by atoms with E-state index in [1.54, 1.807) is 30.5 Å². The number of carbonyl (C=O) groups excluding carboxylic acids is 1. The Bertz CT molecular complexity index is 814. The third-order valence-corrected chi connectivity index (χ3v) is 5.95. The molecular formula is C26H31F2NO. The molecule has 160 valence electrons. The van der Waals surface area contributed by atoms with Crippen LogP contribution in [0.2, 0.25) is 0 Å². The molecule has 2 unspecified atom stereocenters. The second-order valence-electron chi connectivity index (χ2n) is 8.27. The fourth-order valence-electron chi connectivity index (χ4n) is 4.20. The molecule has 1 aliphatic carbocycles. The van der Waals surface area contributed by atoms with Gasteiger partial charge in [0.25, 0.3) is 0 Å². The normalized spacial score (nSPS) is 20.5. The molecule has 1 aliphatic rings. The van der Waals surface area contributed by atoms with Crippen molar-refractivity contribution in [1.29, 1.82) is 0 Å². The van der Waals surface area contributed by atoms with Crippen LogP contribution >= 0.6 is 0 Å². The summed E-state index contributed by atoms with van der Waals surface area (Å²) in [5.74, 6) is -0.561. The predicted octanol–water partition coefficient (Wildman–Crippen LogP) is 7.22. The van der Waals surface area contributed by atoms with E-state index in [9.17, 15) is 13.6 Å². The van der Waals surface area contributed by atoms with Crippen LogP contribution < -0.4 is 0 Å². The van der Waals surface area contributed by atoms with E-state index in [2.05, 4.69) is 0 Å². The zero-order chi connectivity index (χ0) is 21.2. The van der Waals surface area contributed by atoms with Gasteiger partial charge in [-0.2, -0.15) is 0 Å². The highest BCUT2D eigenvalue weighted by molar-refractivity contribution is 5.83. The number of halogens is 2. The highest BCUT2D eigenvalue weighted by Crippen LogP contribution is 2.33. The molecule has 0 radical (unpaired) electrons. The summed E-state index contributed by atoms with van der Waals surface area (Å²) in [6.45, 7) is 0. The van der Waals surface area contributed by atoms with Gasteiger partial charge in [0.2, 0.25) is 0 Å². The van der Waals surface area contributed by atoms with E-state index in [1.165, 1.54) is 49.9 Å². The maximum atomic E-state index is 13.5. The Morgan fingerprint density at radius 3 is 1.93 bits per heavy atom. The van der Waals surface area contributed by atoms with Crippen molar-refractivity contribution in [1.82, 2.24) is 0 Å². The molecule has 4 heteroatoms. The lowest BCUT2D eigenvalue weighted by atomic mass is 9.83. The second-order valence-corrected chi connectivity index (χ2v) is 8.27. The van der Waals surface area contributed by atoms with Gasteiger partial charge in [0, 0.05) is 18.6 Å². The number of rotatable bonds is 4. The Balaban J connectivity index is 1.87. The predicted molar refractivity (Wildman–Crippen MR) is 118 cm³/mol. The van der Waals surface area contributed by atoms with Crippen LogP contribution in [0.1, 0.15) is 81.4 Å². The number of Topliss-reactive ketones (excluding diaryl/α,β-unsaturated/α-hetero) is 1. The molecule has 0 spiro atoms. The van der Waals surface area contributed by atoms with Gasteiger partial charge < -0.3 is 0 Å². The lowest BCUT2D eigenvalue weighted by molar-refractivity contribution is -0.124. The van der Waals surface area contributed by atoms with Crippen molar-refractivity contribution in [2.75, 3.05) is 0 Å². The molecule has 3 rings (SSSR count). The van der Waals surface area contributed by atoms with E-state index < -0.39 is 0 Å². The standard InChI is InChI=1S/C26H31F2NO/c27-22-15-11-20(12-16-22)19-29-26(21-13-17-23(28)18-14-21)24-9-7-5-3-1-2-4-6-8-10-25(24)30/h11-19,24,26H,1-10H2. The molecule has 0 aromatic heterocycles. The molecule has 2 aromatic rings. The largest absolute Gasteiger partial charge is 0.299 e. The third-order valence-electron chi connectivity index (χ3n) is 5.95. The zero-order valence-electron chi connectivity index (χ0n) is 17.5. The van der Waals surface area contributed by atoms with Gasteiger partial charge >= 0.3 is 0 Å². The van der Waals surface area contributed by atoms with Crippen LogP contribution in [0.5, 0.6) is 0 Å².